The van der Waals surface area contributed by atoms with Gasteiger partial charge in [-0.2, -0.15) is 0 Å². The zero-order valence-electron chi connectivity index (χ0n) is 18.6. The van der Waals surface area contributed by atoms with Gasteiger partial charge in [0.15, 0.2) is 18.1 Å². The van der Waals surface area contributed by atoms with E-state index in [0.29, 0.717) is 48.3 Å². The van der Waals surface area contributed by atoms with Crippen molar-refractivity contribution in [3.8, 4) is 17.2 Å². The van der Waals surface area contributed by atoms with Crippen molar-refractivity contribution >= 4 is 11.9 Å². The highest BCUT2D eigenvalue weighted by Gasteiger charge is 2.11. The molecule has 0 aromatic heterocycles. The molecule has 0 fully saturated rings. The van der Waals surface area contributed by atoms with Crippen LogP contribution in [0, 0.1) is 5.92 Å². The fourth-order valence-corrected chi connectivity index (χ4v) is 2.75. The van der Waals surface area contributed by atoms with Gasteiger partial charge in [0.25, 0.3) is 5.91 Å². The van der Waals surface area contributed by atoms with Crippen LogP contribution in [0.1, 0.15) is 36.2 Å². The minimum Gasteiger partial charge on any atom is -0.494 e. The molecule has 7 nitrogen and oxygen atoms in total. The van der Waals surface area contributed by atoms with Gasteiger partial charge in [-0.1, -0.05) is 19.9 Å². The first kappa shape index (κ1) is 24.1. The Balaban J connectivity index is 1.71. The number of hydrogen-bond acceptors (Lipinski definition) is 6. The van der Waals surface area contributed by atoms with E-state index in [1.54, 1.807) is 38.5 Å². The van der Waals surface area contributed by atoms with Crippen LogP contribution in [0.5, 0.6) is 17.2 Å². The Morgan fingerprint density at radius 1 is 0.968 bits per heavy atom. The van der Waals surface area contributed by atoms with Crippen LogP contribution in [0.2, 0.25) is 0 Å². The lowest BCUT2D eigenvalue weighted by Crippen LogP contribution is -2.30. The third-order valence-electron chi connectivity index (χ3n) is 4.57. The molecule has 0 aliphatic heterocycles. The molecule has 1 N–H and O–H groups in total. The number of ether oxygens (including phenoxy) is 4. The van der Waals surface area contributed by atoms with E-state index in [2.05, 4.69) is 19.2 Å². The molecule has 2 aromatic rings. The van der Waals surface area contributed by atoms with Gasteiger partial charge in [0.2, 0.25) is 0 Å². The molecule has 0 spiro atoms. The van der Waals surface area contributed by atoms with Gasteiger partial charge in [0.05, 0.1) is 26.4 Å². The zero-order chi connectivity index (χ0) is 22.6. The van der Waals surface area contributed by atoms with Crippen molar-refractivity contribution in [2.45, 2.75) is 26.7 Å². The standard InChI is InChI=1S/C24H31NO6/c1-17(2)12-14-30-20-8-6-19(7-9-20)24(27)31-16-23(26)25-13-11-18-5-10-21(28-3)22(15-18)29-4/h5-10,15,17H,11-14,16H2,1-4H3,(H,25,26). The van der Waals surface area contributed by atoms with Gasteiger partial charge in [-0.25, -0.2) is 4.79 Å². The van der Waals surface area contributed by atoms with Crippen molar-refractivity contribution in [3.63, 3.8) is 0 Å². The van der Waals surface area contributed by atoms with Crippen LogP contribution in [-0.2, 0) is 16.0 Å². The lowest BCUT2D eigenvalue weighted by molar-refractivity contribution is -0.124. The number of hydrogen-bond donors (Lipinski definition) is 1. The molecule has 0 saturated carbocycles. The molecule has 31 heavy (non-hydrogen) atoms. The van der Waals surface area contributed by atoms with Crippen LogP contribution in [0.4, 0.5) is 0 Å². The van der Waals surface area contributed by atoms with E-state index in [-0.39, 0.29) is 12.5 Å². The first-order valence-corrected chi connectivity index (χ1v) is 10.3. The maximum absolute atomic E-state index is 12.1. The van der Waals surface area contributed by atoms with Gasteiger partial charge in [-0.3, -0.25) is 4.79 Å². The smallest absolute Gasteiger partial charge is 0.338 e. The average Bonchev–Trinajstić information content (AvgIpc) is 2.77. The molecule has 0 bridgehead atoms. The van der Waals surface area contributed by atoms with Gasteiger partial charge in [0, 0.05) is 6.54 Å². The van der Waals surface area contributed by atoms with E-state index in [4.69, 9.17) is 18.9 Å². The highest BCUT2D eigenvalue weighted by molar-refractivity contribution is 5.91. The lowest BCUT2D eigenvalue weighted by Gasteiger charge is -2.10. The quantitative estimate of drug-likeness (QED) is 0.519. The molecular formula is C24H31NO6. The van der Waals surface area contributed by atoms with Crippen LogP contribution in [0.25, 0.3) is 0 Å². The van der Waals surface area contributed by atoms with Crippen LogP contribution in [-0.4, -0.2) is 45.9 Å². The second kappa shape index (κ2) is 12.5. The van der Waals surface area contributed by atoms with E-state index in [1.807, 2.05) is 18.2 Å². The number of carbonyl (C=O) groups is 2. The van der Waals surface area contributed by atoms with Gasteiger partial charge in [0.1, 0.15) is 5.75 Å². The zero-order valence-corrected chi connectivity index (χ0v) is 18.6. The summed E-state index contributed by atoms with van der Waals surface area (Å²) in [6.45, 7) is 4.97. The van der Waals surface area contributed by atoms with Crippen LogP contribution in [0.15, 0.2) is 42.5 Å². The van der Waals surface area contributed by atoms with E-state index < -0.39 is 5.97 Å². The fraction of sp³-hybridized carbons (Fsp3) is 0.417. The van der Waals surface area contributed by atoms with E-state index in [0.717, 1.165) is 12.0 Å². The average molecular weight is 430 g/mol. The first-order chi connectivity index (χ1) is 14.9. The molecule has 0 heterocycles. The molecule has 0 atom stereocenters. The summed E-state index contributed by atoms with van der Waals surface area (Å²) >= 11 is 0. The highest BCUT2D eigenvalue weighted by atomic mass is 16.5. The number of esters is 1. The Morgan fingerprint density at radius 3 is 2.32 bits per heavy atom. The Labute approximate surface area is 183 Å². The monoisotopic (exact) mass is 429 g/mol. The third kappa shape index (κ3) is 8.20. The second-order valence-electron chi connectivity index (χ2n) is 7.42. The molecule has 0 aliphatic carbocycles. The van der Waals surface area contributed by atoms with Gasteiger partial charge in [-0.15, -0.1) is 0 Å². The summed E-state index contributed by atoms with van der Waals surface area (Å²) in [5, 5.41) is 2.74. The third-order valence-corrected chi connectivity index (χ3v) is 4.57. The van der Waals surface area contributed by atoms with Gasteiger partial charge in [-0.05, 0) is 60.7 Å². The minimum absolute atomic E-state index is 0.336. The molecule has 2 aromatic carbocycles. The summed E-state index contributed by atoms with van der Waals surface area (Å²) in [6, 6.07) is 12.3. The maximum atomic E-state index is 12.1. The molecule has 0 aliphatic rings. The van der Waals surface area contributed by atoms with Crippen LogP contribution < -0.4 is 19.5 Å². The van der Waals surface area contributed by atoms with Crippen molar-refractivity contribution < 1.29 is 28.5 Å². The Bertz CT molecular complexity index is 848. The number of methoxy groups -OCH3 is 2. The minimum atomic E-state index is -0.552. The Hall–Kier alpha value is -3.22. The molecule has 0 unspecified atom stereocenters. The molecule has 7 heteroatoms. The SMILES string of the molecule is COc1ccc(CCNC(=O)COC(=O)c2ccc(OCCC(C)C)cc2)cc1OC. The van der Waals surface area contributed by atoms with Gasteiger partial charge >= 0.3 is 5.97 Å². The number of carbonyl (C=O) groups excluding carboxylic acids is 2. The van der Waals surface area contributed by atoms with Crippen molar-refractivity contribution in [3.05, 3.63) is 53.6 Å². The summed E-state index contributed by atoms with van der Waals surface area (Å²) < 4.78 is 21.2. The highest BCUT2D eigenvalue weighted by Crippen LogP contribution is 2.27. The summed E-state index contributed by atoms with van der Waals surface area (Å²) in [5.41, 5.74) is 1.36. The molecule has 0 radical (unpaired) electrons. The van der Waals surface area contributed by atoms with Crippen molar-refractivity contribution in [2.24, 2.45) is 5.92 Å². The summed E-state index contributed by atoms with van der Waals surface area (Å²) in [4.78, 5) is 24.1. The predicted octanol–water partition coefficient (Wildman–Crippen LogP) is 3.64. The molecule has 0 saturated heterocycles. The molecular weight excluding hydrogens is 398 g/mol. The van der Waals surface area contributed by atoms with E-state index >= 15 is 0 Å². The molecule has 168 valence electrons. The van der Waals surface area contributed by atoms with Crippen molar-refractivity contribution in [1.29, 1.82) is 0 Å². The summed E-state index contributed by atoms with van der Waals surface area (Å²) in [5.74, 6) is 1.64. The maximum Gasteiger partial charge on any atom is 0.338 e. The predicted molar refractivity (Wildman–Crippen MR) is 118 cm³/mol. The van der Waals surface area contributed by atoms with E-state index in [9.17, 15) is 9.59 Å². The topological polar surface area (TPSA) is 83.1 Å². The molecule has 1 amide bonds. The summed E-state index contributed by atoms with van der Waals surface area (Å²) in [7, 11) is 3.15. The fourth-order valence-electron chi connectivity index (χ4n) is 2.75. The van der Waals surface area contributed by atoms with Crippen molar-refractivity contribution in [1.82, 2.24) is 5.32 Å². The number of amides is 1. The largest absolute Gasteiger partial charge is 0.494 e. The summed E-state index contributed by atoms with van der Waals surface area (Å²) in [6.07, 6.45) is 1.57. The van der Waals surface area contributed by atoms with Crippen molar-refractivity contribution in [2.75, 3.05) is 34.0 Å². The number of nitrogens with one attached hydrogen (secondary N) is 1. The molecule has 2 rings (SSSR count). The Kier molecular flexibility index (Phi) is 9.68. The number of rotatable bonds is 12. The normalized spacial score (nSPS) is 10.5. The second-order valence-corrected chi connectivity index (χ2v) is 7.42. The lowest BCUT2D eigenvalue weighted by atomic mass is 10.1. The van der Waals surface area contributed by atoms with Crippen LogP contribution >= 0.6 is 0 Å². The van der Waals surface area contributed by atoms with Crippen LogP contribution in [0.3, 0.4) is 0 Å². The van der Waals surface area contributed by atoms with Gasteiger partial charge < -0.3 is 24.3 Å². The number of benzene rings is 2. The first-order valence-electron chi connectivity index (χ1n) is 10.3. The Morgan fingerprint density at radius 2 is 1.68 bits per heavy atom. The van der Waals surface area contributed by atoms with E-state index in [1.165, 1.54) is 0 Å².